The van der Waals surface area contributed by atoms with E-state index in [9.17, 15) is 18.0 Å². The minimum absolute atomic E-state index is 0.0299. The van der Waals surface area contributed by atoms with Gasteiger partial charge in [-0.25, -0.2) is 4.98 Å². The summed E-state index contributed by atoms with van der Waals surface area (Å²) in [5.74, 6) is 0.534. The van der Waals surface area contributed by atoms with Crippen molar-refractivity contribution in [1.29, 1.82) is 0 Å². The van der Waals surface area contributed by atoms with Gasteiger partial charge in [0.1, 0.15) is 11.5 Å². The van der Waals surface area contributed by atoms with E-state index in [-0.39, 0.29) is 11.8 Å². The molecule has 2 aromatic carbocycles. The van der Waals surface area contributed by atoms with Gasteiger partial charge in [0.05, 0.1) is 5.56 Å². The van der Waals surface area contributed by atoms with Crippen LogP contribution in [0.1, 0.15) is 12.5 Å². The predicted molar refractivity (Wildman–Crippen MR) is 101 cm³/mol. The third kappa shape index (κ3) is 5.71. The second-order valence-electron chi connectivity index (χ2n) is 6.07. The number of nitrogens with zero attached hydrogens (tertiary/aromatic N) is 1. The van der Waals surface area contributed by atoms with Crippen molar-refractivity contribution in [1.82, 2.24) is 4.98 Å². The van der Waals surface area contributed by atoms with Crippen LogP contribution in [0.4, 0.5) is 18.9 Å². The first-order valence-electron chi connectivity index (χ1n) is 8.65. The second kappa shape index (κ2) is 8.64. The normalized spacial score (nSPS) is 12.1. The first kappa shape index (κ1) is 20.2. The van der Waals surface area contributed by atoms with E-state index < -0.39 is 17.8 Å². The maximum Gasteiger partial charge on any atom is 0.417 e. The Labute approximate surface area is 165 Å². The Hall–Kier alpha value is -3.55. The van der Waals surface area contributed by atoms with Crippen LogP contribution in [0.2, 0.25) is 0 Å². The molecule has 1 amide bonds. The summed E-state index contributed by atoms with van der Waals surface area (Å²) in [6, 6.07) is 17.4. The molecule has 0 saturated heterocycles. The summed E-state index contributed by atoms with van der Waals surface area (Å²) in [6.45, 7) is 1.62. The number of hydrogen-bond donors (Lipinski definition) is 1. The summed E-state index contributed by atoms with van der Waals surface area (Å²) in [7, 11) is 0. The van der Waals surface area contributed by atoms with Crippen LogP contribution in [0.15, 0.2) is 72.9 Å². The molecule has 5 nitrogen and oxygen atoms in total. The molecule has 1 aromatic heterocycles. The van der Waals surface area contributed by atoms with E-state index in [0.717, 1.165) is 12.1 Å². The Bertz CT molecular complexity index is 944. The van der Waals surface area contributed by atoms with Gasteiger partial charge in [-0.1, -0.05) is 18.2 Å². The van der Waals surface area contributed by atoms with Crippen molar-refractivity contribution in [3.8, 4) is 17.4 Å². The molecular weight excluding hydrogens is 385 g/mol. The summed E-state index contributed by atoms with van der Waals surface area (Å²) in [5.41, 5.74) is -0.183. The number of pyridine rings is 1. The van der Waals surface area contributed by atoms with Crippen molar-refractivity contribution >= 4 is 11.6 Å². The molecule has 150 valence electrons. The average molecular weight is 402 g/mol. The molecule has 8 heteroatoms. The SMILES string of the molecule is C[C@@H](Oc1ccc(Oc2ccc(C(F)(F)F)cn2)cc1)C(=O)Nc1ccccc1. The van der Waals surface area contributed by atoms with Gasteiger partial charge in [-0.2, -0.15) is 13.2 Å². The van der Waals surface area contributed by atoms with Crippen molar-refractivity contribution in [2.45, 2.75) is 19.2 Å². The molecule has 29 heavy (non-hydrogen) atoms. The van der Waals surface area contributed by atoms with Crippen molar-refractivity contribution in [2.75, 3.05) is 5.32 Å². The van der Waals surface area contributed by atoms with Crippen molar-refractivity contribution < 1.29 is 27.4 Å². The van der Waals surface area contributed by atoms with Gasteiger partial charge in [0.15, 0.2) is 6.10 Å². The van der Waals surface area contributed by atoms with Crippen molar-refractivity contribution in [3.63, 3.8) is 0 Å². The zero-order valence-electron chi connectivity index (χ0n) is 15.3. The predicted octanol–water partition coefficient (Wildman–Crippen LogP) is 5.30. The van der Waals surface area contributed by atoms with Crippen LogP contribution in [-0.2, 0) is 11.0 Å². The highest BCUT2D eigenvalue weighted by Crippen LogP contribution is 2.30. The highest BCUT2D eigenvalue weighted by atomic mass is 19.4. The number of alkyl halides is 3. The van der Waals surface area contributed by atoms with Gasteiger partial charge in [0, 0.05) is 18.0 Å². The number of para-hydroxylation sites is 1. The zero-order valence-corrected chi connectivity index (χ0v) is 15.3. The van der Waals surface area contributed by atoms with Crippen LogP contribution in [0, 0.1) is 0 Å². The van der Waals surface area contributed by atoms with Gasteiger partial charge in [-0.05, 0) is 49.4 Å². The molecule has 0 spiro atoms. The quantitative estimate of drug-likeness (QED) is 0.608. The summed E-state index contributed by atoms with van der Waals surface area (Å²) in [6.07, 6.45) is -4.48. The Morgan fingerprint density at radius 1 is 0.966 bits per heavy atom. The van der Waals surface area contributed by atoms with Gasteiger partial charge in [-0.15, -0.1) is 0 Å². The van der Waals surface area contributed by atoms with Crippen molar-refractivity contribution in [2.24, 2.45) is 0 Å². The van der Waals surface area contributed by atoms with Crippen LogP contribution >= 0.6 is 0 Å². The number of carbonyl (C=O) groups excluding carboxylic acids is 1. The summed E-state index contributed by atoms with van der Waals surface area (Å²) in [4.78, 5) is 15.8. The fourth-order valence-electron chi connectivity index (χ4n) is 2.34. The number of carbonyl (C=O) groups is 1. The van der Waals surface area contributed by atoms with E-state index in [2.05, 4.69) is 10.3 Å². The smallest absolute Gasteiger partial charge is 0.417 e. The molecule has 0 saturated carbocycles. The monoisotopic (exact) mass is 402 g/mol. The number of anilines is 1. The lowest BCUT2D eigenvalue weighted by Gasteiger charge is -2.15. The van der Waals surface area contributed by atoms with Crippen LogP contribution in [-0.4, -0.2) is 17.0 Å². The number of aromatic nitrogens is 1. The van der Waals surface area contributed by atoms with Crippen molar-refractivity contribution in [3.05, 3.63) is 78.5 Å². The molecule has 1 N–H and O–H groups in total. The fraction of sp³-hybridized carbons (Fsp3) is 0.143. The van der Waals surface area contributed by atoms with E-state index in [1.165, 1.54) is 0 Å². The van der Waals surface area contributed by atoms with Gasteiger partial charge in [0.25, 0.3) is 5.91 Å². The Morgan fingerprint density at radius 3 is 2.21 bits per heavy atom. The Morgan fingerprint density at radius 2 is 1.62 bits per heavy atom. The lowest BCUT2D eigenvalue weighted by Crippen LogP contribution is -2.30. The third-order valence-electron chi connectivity index (χ3n) is 3.83. The molecule has 1 atom stereocenters. The minimum atomic E-state index is -4.45. The van der Waals surface area contributed by atoms with Gasteiger partial charge < -0.3 is 14.8 Å². The summed E-state index contributed by atoms with van der Waals surface area (Å²) in [5, 5.41) is 2.74. The van der Waals surface area contributed by atoms with E-state index in [0.29, 0.717) is 23.4 Å². The molecule has 0 unspecified atom stereocenters. The zero-order chi connectivity index (χ0) is 20.9. The number of benzene rings is 2. The molecule has 3 rings (SSSR count). The molecule has 0 fully saturated rings. The fourth-order valence-corrected chi connectivity index (χ4v) is 2.34. The standard InChI is InChI=1S/C21H17F3N2O3/c1-14(20(27)26-16-5-3-2-4-6-16)28-17-8-10-18(11-9-17)29-19-12-7-15(13-25-19)21(22,23)24/h2-14H,1H3,(H,26,27)/t14-/m1/s1. The second-order valence-corrected chi connectivity index (χ2v) is 6.07. The largest absolute Gasteiger partial charge is 0.481 e. The first-order chi connectivity index (χ1) is 13.8. The minimum Gasteiger partial charge on any atom is -0.481 e. The van der Waals surface area contributed by atoms with Crippen LogP contribution in [0.3, 0.4) is 0 Å². The summed E-state index contributed by atoms with van der Waals surface area (Å²) < 4.78 is 48.7. The van der Waals surface area contributed by atoms with E-state index in [1.807, 2.05) is 18.2 Å². The van der Waals surface area contributed by atoms with Gasteiger partial charge in [0.2, 0.25) is 5.88 Å². The van der Waals surface area contributed by atoms with Gasteiger partial charge >= 0.3 is 6.18 Å². The molecule has 0 aliphatic heterocycles. The topological polar surface area (TPSA) is 60.5 Å². The molecule has 0 aliphatic carbocycles. The lowest BCUT2D eigenvalue weighted by molar-refractivity contribution is -0.137. The van der Waals surface area contributed by atoms with E-state index in [4.69, 9.17) is 9.47 Å². The molecule has 0 bridgehead atoms. The number of hydrogen-bond acceptors (Lipinski definition) is 4. The van der Waals surface area contributed by atoms with Crippen LogP contribution in [0.5, 0.6) is 17.4 Å². The third-order valence-corrected chi connectivity index (χ3v) is 3.83. The maximum absolute atomic E-state index is 12.6. The number of amides is 1. The highest BCUT2D eigenvalue weighted by Gasteiger charge is 2.30. The average Bonchev–Trinajstić information content (AvgIpc) is 2.70. The number of rotatable bonds is 6. The molecular formula is C21H17F3N2O3. The van der Waals surface area contributed by atoms with E-state index >= 15 is 0 Å². The Kier molecular flexibility index (Phi) is 6.01. The number of halogens is 3. The maximum atomic E-state index is 12.6. The molecule has 3 aromatic rings. The van der Waals surface area contributed by atoms with Crippen LogP contribution in [0.25, 0.3) is 0 Å². The number of nitrogens with one attached hydrogen (secondary N) is 1. The molecule has 0 radical (unpaired) electrons. The molecule has 1 heterocycles. The van der Waals surface area contributed by atoms with Crippen LogP contribution < -0.4 is 14.8 Å². The van der Waals surface area contributed by atoms with Gasteiger partial charge in [-0.3, -0.25) is 4.79 Å². The first-order valence-corrected chi connectivity index (χ1v) is 8.65. The summed E-state index contributed by atoms with van der Waals surface area (Å²) >= 11 is 0. The highest BCUT2D eigenvalue weighted by molar-refractivity contribution is 5.94. The van der Waals surface area contributed by atoms with E-state index in [1.54, 1.807) is 43.3 Å². The number of ether oxygens (including phenoxy) is 2. The molecule has 0 aliphatic rings. The lowest BCUT2D eigenvalue weighted by atomic mass is 10.3. The Balaban J connectivity index is 1.56.